The number of rotatable bonds is 5. The first kappa shape index (κ1) is 18.6. The quantitative estimate of drug-likeness (QED) is 0.487. The molecule has 1 N–H and O–H groups in total. The van der Waals surface area contributed by atoms with Gasteiger partial charge in [-0.1, -0.05) is 11.9 Å². The van der Waals surface area contributed by atoms with Crippen LogP contribution in [0.1, 0.15) is 24.5 Å². The van der Waals surface area contributed by atoms with E-state index in [9.17, 15) is 0 Å². The summed E-state index contributed by atoms with van der Waals surface area (Å²) in [5, 5.41) is 8.68. The first-order chi connectivity index (χ1) is 14.2. The van der Waals surface area contributed by atoms with Gasteiger partial charge in [0.25, 0.3) is 0 Å². The number of hydrogen-bond donors (Lipinski definition) is 1. The maximum Gasteiger partial charge on any atom is 0.180 e. The number of nitrogens with zero attached hydrogens (tertiary/aromatic N) is 7. The number of aromatic nitrogens is 6. The van der Waals surface area contributed by atoms with Gasteiger partial charge >= 0.3 is 0 Å². The minimum atomic E-state index is 0.496. The second-order valence-electron chi connectivity index (χ2n) is 7.17. The highest BCUT2D eigenvalue weighted by Crippen LogP contribution is 2.33. The molecular weight excluding hydrogens is 404 g/mol. The Bertz CT molecular complexity index is 1130. The van der Waals surface area contributed by atoms with Gasteiger partial charge in [0.05, 0.1) is 23.8 Å². The highest BCUT2D eigenvalue weighted by atomic mass is 32.2. The fourth-order valence-electron chi connectivity index (χ4n) is 3.78. The Morgan fingerprint density at radius 2 is 2.21 bits per heavy atom. The van der Waals surface area contributed by atoms with Gasteiger partial charge in [-0.05, 0) is 36.7 Å². The number of imidazole rings is 1. The molecule has 0 amide bonds. The molecular formula is C19H22N8S2. The van der Waals surface area contributed by atoms with Gasteiger partial charge in [0, 0.05) is 50.2 Å². The van der Waals surface area contributed by atoms with Crippen LogP contribution in [0.2, 0.25) is 0 Å². The molecule has 5 heterocycles. The Balaban J connectivity index is 1.40. The molecule has 29 heavy (non-hydrogen) atoms. The molecule has 1 atom stereocenters. The Labute approximate surface area is 177 Å². The number of hydrogen-bond acceptors (Lipinski definition) is 8. The largest absolute Gasteiger partial charge is 0.328 e. The van der Waals surface area contributed by atoms with Crippen LogP contribution < -0.4 is 5.32 Å². The zero-order valence-corrected chi connectivity index (χ0v) is 17.9. The third-order valence-corrected chi connectivity index (χ3v) is 6.83. The van der Waals surface area contributed by atoms with E-state index in [1.165, 1.54) is 30.1 Å². The molecule has 0 aliphatic carbocycles. The lowest BCUT2D eigenvalue weighted by atomic mass is 9.96. The molecule has 1 saturated heterocycles. The normalized spacial score (nSPS) is 17.8. The third-order valence-electron chi connectivity index (χ3n) is 5.26. The van der Waals surface area contributed by atoms with Crippen molar-refractivity contribution < 1.29 is 0 Å². The highest BCUT2D eigenvalue weighted by molar-refractivity contribution is 7.96. The number of piperidine rings is 1. The van der Waals surface area contributed by atoms with Crippen LogP contribution in [0.4, 0.5) is 10.8 Å². The van der Waals surface area contributed by atoms with Gasteiger partial charge in [-0.25, -0.2) is 9.97 Å². The molecule has 0 radical (unpaired) electrons. The van der Waals surface area contributed by atoms with Crippen LogP contribution in [0.25, 0.3) is 16.9 Å². The van der Waals surface area contributed by atoms with Crippen molar-refractivity contribution in [2.24, 2.45) is 7.05 Å². The molecule has 4 aromatic rings. The van der Waals surface area contributed by atoms with Crippen LogP contribution in [0.3, 0.4) is 0 Å². The molecule has 150 valence electrons. The second-order valence-corrected chi connectivity index (χ2v) is 8.85. The van der Waals surface area contributed by atoms with E-state index in [1.807, 2.05) is 48.2 Å². The molecule has 1 aliphatic rings. The van der Waals surface area contributed by atoms with Gasteiger partial charge in [-0.15, -0.1) is 0 Å². The van der Waals surface area contributed by atoms with Gasteiger partial charge < -0.3 is 5.32 Å². The lowest BCUT2D eigenvalue weighted by molar-refractivity contribution is 0.340. The summed E-state index contributed by atoms with van der Waals surface area (Å²) in [6, 6.07) is 2.16. The summed E-state index contributed by atoms with van der Waals surface area (Å²) >= 11 is 3.31. The summed E-state index contributed by atoms with van der Waals surface area (Å²) < 4.78 is 11.0. The molecule has 0 saturated carbocycles. The van der Waals surface area contributed by atoms with Crippen molar-refractivity contribution in [3.63, 3.8) is 0 Å². The Hall–Kier alpha value is -2.43. The zero-order valence-electron chi connectivity index (χ0n) is 16.3. The molecule has 1 aliphatic heterocycles. The smallest absolute Gasteiger partial charge is 0.180 e. The van der Waals surface area contributed by atoms with Crippen LogP contribution in [0, 0.1) is 0 Å². The second kappa shape index (κ2) is 7.77. The number of nitrogens with one attached hydrogen (secondary N) is 1. The predicted molar refractivity (Wildman–Crippen MR) is 118 cm³/mol. The van der Waals surface area contributed by atoms with E-state index in [1.54, 1.807) is 10.9 Å². The Morgan fingerprint density at radius 1 is 1.28 bits per heavy atom. The predicted octanol–water partition coefficient (Wildman–Crippen LogP) is 3.79. The molecule has 0 bridgehead atoms. The van der Waals surface area contributed by atoms with Crippen LogP contribution in [-0.4, -0.2) is 52.2 Å². The van der Waals surface area contributed by atoms with Gasteiger partial charge in [0.2, 0.25) is 0 Å². The monoisotopic (exact) mass is 426 g/mol. The fraction of sp³-hybridized carbons (Fsp3) is 0.368. The molecule has 5 rings (SSSR count). The maximum absolute atomic E-state index is 4.72. The van der Waals surface area contributed by atoms with E-state index in [2.05, 4.69) is 37.0 Å². The van der Waals surface area contributed by atoms with E-state index in [0.717, 1.165) is 40.8 Å². The van der Waals surface area contributed by atoms with E-state index in [0.29, 0.717) is 5.92 Å². The van der Waals surface area contributed by atoms with Crippen molar-refractivity contribution in [3.8, 4) is 11.3 Å². The topological polar surface area (TPSA) is 76.2 Å². The molecule has 1 unspecified atom stereocenters. The first-order valence-electron chi connectivity index (χ1n) is 9.55. The van der Waals surface area contributed by atoms with Gasteiger partial charge in [-0.2, -0.15) is 9.47 Å². The van der Waals surface area contributed by atoms with Gasteiger partial charge in [0.1, 0.15) is 5.00 Å². The summed E-state index contributed by atoms with van der Waals surface area (Å²) in [5.41, 5.74) is 3.96. The highest BCUT2D eigenvalue weighted by Gasteiger charge is 2.23. The van der Waals surface area contributed by atoms with Crippen LogP contribution >= 0.6 is 23.5 Å². The van der Waals surface area contributed by atoms with E-state index in [4.69, 9.17) is 4.37 Å². The average molecular weight is 427 g/mol. The molecule has 8 nitrogen and oxygen atoms in total. The van der Waals surface area contributed by atoms with E-state index in [-0.39, 0.29) is 0 Å². The Kier molecular flexibility index (Phi) is 4.98. The standard InChI is InChI=1S/C19H22N8S2/c1-25-11-14(9-22-25)16-10-21-19-18(20-5-7-27(16)19)23-17-8-15(24-29-17)13-4-3-6-26(12-13)28-2/h5,7-11,13H,3-4,6,12H2,1-2H3,(H,20,23). The van der Waals surface area contributed by atoms with Crippen molar-refractivity contribution in [2.45, 2.75) is 18.8 Å². The van der Waals surface area contributed by atoms with Gasteiger partial charge in [0.15, 0.2) is 11.5 Å². The van der Waals surface area contributed by atoms with Crippen molar-refractivity contribution >= 4 is 39.9 Å². The number of aryl methyl sites for hydroxylation is 1. The molecule has 1 fully saturated rings. The van der Waals surface area contributed by atoms with Crippen molar-refractivity contribution in [2.75, 3.05) is 24.7 Å². The van der Waals surface area contributed by atoms with E-state index >= 15 is 0 Å². The van der Waals surface area contributed by atoms with Crippen LogP contribution in [0.15, 0.2) is 37.1 Å². The van der Waals surface area contributed by atoms with Crippen molar-refractivity contribution in [1.29, 1.82) is 0 Å². The van der Waals surface area contributed by atoms with E-state index < -0.39 is 0 Å². The molecule has 0 spiro atoms. The minimum absolute atomic E-state index is 0.496. The summed E-state index contributed by atoms with van der Waals surface area (Å²) in [4.78, 5) is 9.11. The molecule has 4 aromatic heterocycles. The summed E-state index contributed by atoms with van der Waals surface area (Å²) in [5.74, 6) is 1.22. The maximum atomic E-state index is 4.72. The summed E-state index contributed by atoms with van der Waals surface area (Å²) in [6.07, 6.45) is 14.0. The van der Waals surface area contributed by atoms with Crippen LogP contribution in [0.5, 0.6) is 0 Å². The average Bonchev–Trinajstić information content (AvgIpc) is 3.48. The minimum Gasteiger partial charge on any atom is -0.328 e. The summed E-state index contributed by atoms with van der Waals surface area (Å²) in [7, 11) is 1.91. The zero-order chi connectivity index (χ0) is 19.8. The fourth-order valence-corrected chi connectivity index (χ4v) is 5.14. The first-order valence-corrected chi connectivity index (χ1v) is 11.5. The third kappa shape index (κ3) is 3.63. The lowest BCUT2D eigenvalue weighted by Crippen LogP contribution is -2.28. The lowest BCUT2D eigenvalue weighted by Gasteiger charge is -2.29. The van der Waals surface area contributed by atoms with Crippen molar-refractivity contribution in [3.05, 3.63) is 42.7 Å². The summed E-state index contributed by atoms with van der Waals surface area (Å²) in [6.45, 7) is 2.23. The number of fused-ring (bicyclic) bond motifs is 1. The number of anilines is 2. The Morgan fingerprint density at radius 3 is 3.03 bits per heavy atom. The van der Waals surface area contributed by atoms with Crippen molar-refractivity contribution in [1.82, 2.24) is 32.8 Å². The molecule has 10 heteroatoms. The van der Waals surface area contributed by atoms with Gasteiger partial charge in [-0.3, -0.25) is 13.4 Å². The molecule has 0 aromatic carbocycles. The van der Waals surface area contributed by atoms with Crippen LogP contribution in [-0.2, 0) is 7.05 Å². The SMILES string of the molecule is CSN1CCCC(c2cc(Nc3nccn4c(-c5cnn(C)c5)cnc34)sn2)C1.